The second kappa shape index (κ2) is 8.73. The summed E-state index contributed by atoms with van der Waals surface area (Å²) in [5.41, 5.74) is 4.44. The normalized spacial score (nSPS) is 15.7. The number of amides is 1. The van der Waals surface area contributed by atoms with Crippen molar-refractivity contribution in [1.29, 1.82) is 0 Å². The van der Waals surface area contributed by atoms with Gasteiger partial charge in [0.2, 0.25) is 0 Å². The summed E-state index contributed by atoms with van der Waals surface area (Å²) in [6.45, 7) is 3.81. The van der Waals surface area contributed by atoms with Gasteiger partial charge in [-0.2, -0.15) is 0 Å². The smallest absolute Gasteiger partial charge is 0.265 e. The highest BCUT2D eigenvalue weighted by Gasteiger charge is 2.16. The van der Waals surface area contributed by atoms with Crippen LogP contribution < -0.4 is 10.2 Å². The van der Waals surface area contributed by atoms with Gasteiger partial charge in [0, 0.05) is 42.8 Å². The van der Waals surface area contributed by atoms with Crippen molar-refractivity contribution in [3.8, 4) is 5.75 Å². The molecule has 0 unspecified atom stereocenters. The van der Waals surface area contributed by atoms with Crippen LogP contribution in [0.5, 0.6) is 5.75 Å². The molecule has 1 aliphatic rings. The van der Waals surface area contributed by atoms with Crippen molar-refractivity contribution < 1.29 is 9.53 Å². The van der Waals surface area contributed by atoms with Crippen molar-refractivity contribution in [2.45, 2.75) is 6.61 Å². The van der Waals surface area contributed by atoms with Gasteiger partial charge in [-0.05, 0) is 36.9 Å². The van der Waals surface area contributed by atoms with Crippen molar-refractivity contribution in [3.05, 3.63) is 63.6 Å². The average molecular weight is 394 g/mol. The number of likely N-dealkylation sites (N-methyl/N-ethyl adjacent to an activating group) is 1. The summed E-state index contributed by atoms with van der Waals surface area (Å²) in [5, 5.41) is 3.01. The third kappa shape index (κ3) is 5.11. The lowest BCUT2D eigenvalue weighted by atomic mass is 10.1. The maximum atomic E-state index is 12.5. The van der Waals surface area contributed by atoms with Crippen LogP contribution in [0.3, 0.4) is 0 Å². The molecule has 0 bridgehead atoms. The van der Waals surface area contributed by atoms with Crippen molar-refractivity contribution in [3.63, 3.8) is 0 Å². The van der Waals surface area contributed by atoms with Crippen LogP contribution in [-0.4, -0.2) is 49.0 Å². The minimum atomic E-state index is -0.114. The van der Waals surface area contributed by atoms with E-state index in [1.807, 2.05) is 23.2 Å². The third-order valence-corrected chi connectivity index (χ3v) is 4.79. The Morgan fingerprint density at radius 2 is 1.88 bits per heavy atom. The number of carbonyl (C=O) groups is 1. The Labute approximate surface area is 163 Å². The first-order valence-electron chi connectivity index (χ1n) is 8.42. The maximum absolute atomic E-state index is 12.5. The van der Waals surface area contributed by atoms with E-state index in [-0.39, 0.29) is 5.91 Å². The molecule has 1 amide bonds. The molecule has 138 valence electrons. The molecular formula is C19H21Cl2N3O2. The second-order valence-electron chi connectivity index (χ2n) is 6.30. The molecule has 1 N–H and O–H groups in total. The summed E-state index contributed by atoms with van der Waals surface area (Å²) in [6, 6.07) is 12.4. The van der Waals surface area contributed by atoms with Crippen molar-refractivity contribution >= 4 is 29.1 Å². The largest absolute Gasteiger partial charge is 0.487 e. The Morgan fingerprint density at radius 1 is 1.12 bits per heavy atom. The fourth-order valence-corrected chi connectivity index (χ4v) is 3.01. The van der Waals surface area contributed by atoms with Crippen LogP contribution in [0.1, 0.15) is 15.9 Å². The number of piperazine rings is 1. The number of rotatable bonds is 5. The summed E-state index contributed by atoms with van der Waals surface area (Å²) < 4.78 is 5.74. The zero-order chi connectivity index (χ0) is 18.5. The van der Waals surface area contributed by atoms with E-state index in [4.69, 9.17) is 27.9 Å². The predicted octanol–water partition coefficient (Wildman–Crippen LogP) is 3.46. The minimum Gasteiger partial charge on any atom is -0.487 e. The molecule has 1 aliphatic heterocycles. The molecule has 0 radical (unpaired) electrons. The summed E-state index contributed by atoms with van der Waals surface area (Å²) in [5.74, 6) is 0.406. The number of halogens is 2. The van der Waals surface area contributed by atoms with Gasteiger partial charge in [-0.3, -0.25) is 10.2 Å². The monoisotopic (exact) mass is 393 g/mol. The Kier molecular flexibility index (Phi) is 6.38. The summed E-state index contributed by atoms with van der Waals surface area (Å²) >= 11 is 12.1. The maximum Gasteiger partial charge on any atom is 0.265 e. The van der Waals surface area contributed by atoms with Crippen molar-refractivity contribution in [2.75, 3.05) is 33.2 Å². The van der Waals surface area contributed by atoms with E-state index in [1.54, 1.807) is 24.3 Å². The van der Waals surface area contributed by atoms with Gasteiger partial charge in [0.1, 0.15) is 12.4 Å². The Balaban J connectivity index is 1.60. The van der Waals surface area contributed by atoms with E-state index in [0.717, 1.165) is 31.7 Å². The molecule has 26 heavy (non-hydrogen) atoms. The highest BCUT2D eigenvalue weighted by molar-refractivity contribution is 6.34. The van der Waals surface area contributed by atoms with Crippen LogP contribution in [0.25, 0.3) is 0 Å². The summed E-state index contributed by atoms with van der Waals surface area (Å²) in [6.07, 6.45) is 0. The van der Waals surface area contributed by atoms with E-state index in [0.29, 0.717) is 28.0 Å². The van der Waals surface area contributed by atoms with Gasteiger partial charge in [0.25, 0.3) is 5.91 Å². The van der Waals surface area contributed by atoms with Crippen molar-refractivity contribution in [1.82, 2.24) is 15.3 Å². The Hall–Kier alpha value is -1.79. The zero-order valence-corrected chi connectivity index (χ0v) is 16.1. The average Bonchev–Trinajstić information content (AvgIpc) is 2.64. The number of hydrogen-bond donors (Lipinski definition) is 1. The van der Waals surface area contributed by atoms with E-state index in [1.165, 1.54) is 0 Å². The molecule has 7 heteroatoms. The molecule has 1 saturated heterocycles. The summed E-state index contributed by atoms with van der Waals surface area (Å²) in [7, 11) is 2.08. The van der Waals surface area contributed by atoms with Crippen molar-refractivity contribution in [2.24, 2.45) is 0 Å². The van der Waals surface area contributed by atoms with E-state index >= 15 is 0 Å². The van der Waals surface area contributed by atoms with E-state index in [2.05, 4.69) is 17.4 Å². The first-order chi connectivity index (χ1) is 12.5. The first-order valence-corrected chi connectivity index (χ1v) is 9.18. The van der Waals surface area contributed by atoms with Gasteiger partial charge in [0.15, 0.2) is 0 Å². The minimum absolute atomic E-state index is 0.114. The molecule has 0 saturated carbocycles. The quantitative estimate of drug-likeness (QED) is 0.844. The molecular weight excluding hydrogens is 373 g/mol. The lowest BCUT2D eigenvalue weighted by molar-refractivity contribution is 0.0662. The van der Waals surface area contributed by atoms with Gasteiger partial charge < -0.3 is 9.64 Å². The molecule has 5 nitrogen and oxygen atoms in total. The standard InChI is InChI=1S/C19H21Cl2N3O2/c1-23-7-9-24(10-8-23)22-19(25)15-4-2-3-14(11-15)13-26-18-12-16(20)5-6-17(18)21/h2-6,11-12H,7-10,13H2,1H3,(H,22,25). The molecule has 3 rings (SSSR count). The number of hydrogen-bond acceptors (Lipinski definition) is 4. The number of hydrazine groups is 1. The second-order valence-corrected chi connectivity index (χ2v) is 7.14. The highest BCUT2D eigenvalue weighted by Crippen LogP contribution is 2.28. The van der Waals surface area contributed by atoms with Gasteiger partial charge in [0.05, 0.1) is 5.02 Å². The highest BCUT2D eigenvalue weighted by atomic mass is 35.5. The topological polar surface area (TPSA) is 44.8 Å². The number of ether oxygens (including phenoxy) is 1. The van der Waals surface area contributed by atoms with Crippen LogP contribution in [0.15, 0.2) is 42.5 Å². The van der Waals surface area contributed by atoms with Gasteiger partial charge >= 0.3 is 0 Å². The Morgan fingerprint density at radius 3 is 2.65 bits per heavy atom. The van der Waals surface area contributed by atoms with Gasteiger partial charge in [-0.1, -0.05) is 35.3 Å². The van der Waals surface area contributed by atoms with E-state index in [9.17, 15) is 4.79 Å². The molecule has 1 fully saturated rings. The van der Waals surface area contributed by atoms with Crippen LogP contribution in [0.2, 0.25) is 10.0 Å². The Bertz CT molecular complexity index is 777. The fraction of sp³-hybridized carbons (Fsp3) is 0.316. The number of nitrogens with zero attached hydrogens (tertiary/aromatic N) is 2. The zero-order valence-electron chi connectivity index (χ0n) is 14.5. The molecule has 0 spiro atoms. The lowest BCUT2D eigenvalue weighted by Gasteiger charge is -2.32. The van der Waals surface area contributed by atoms with Crippen LogP contribution in [-0.2, 0) is 6.61 Å². The lowest BCUT2D eigenvalue weighted by Crippen LogP contribution is -2.52. The molecule has 2 aromatic rings. The van der Waals surface area contributed by atoms with Gasteiger partial charge in [-0.15, -0.1) is 0 Å². The molecule has 1 heterocycles. The molecule has 0 aromatic heterocycles. The fourth-order valence-electron chi connectivity index (χ4n) is 2.68. The van der Waals surface area contributed by atoms with Gasteiger partial charge in [-0.25, -0.2) is 5.01 Å². The van der Waals surface area contributed by atoms with Crippen LogP contribution >= 0.6 is 23.2 Å². The van der Waals surface area contributed by atoms with Crippen LogP contribution in [0, 0.1) is 0 Å². The predicted molar refractivity (Wildman–Crippen MR) is 104 cm³/mol. The number of nitrogens with one attached hydrogen (secondary N) is 1. The SMILES string of the molecule is CN1CCN(NC(=O)c2cccc(COc3cc(Cl)ccc3Cl)c2)CC1. The molecule has 2 aromatic carbocycles. The molecule has 0 atom stereocenters. The first kappa shape index (κ1) is 19.0. The summed E-state index contributed by atoms with van der Waals surface area (Å²) in [4.78, 5) is 14.7. The van der Waals surface area contributed by atoms with E-state index < -0.39 is 0 Å². The number of carbonyl (C=O) groups excluding carboxylic acids is 1. The molecule has 0 aliphatic carbocycles. The third-order valence-electron chi connectivity index (χ3n) is 4.24. The number of benzene rings is 2. The van der Waals surface area contributed by atoms with Crippen LogP contribution in [0.4, 0.5) is 0 Å².